The lowest BCUT2D eigenvalue weighted by Crippen LogP contribution is -2.47. The summed E-state index contributed by atoms with van der Waals surface area (Å²) in [6.07, 6.45) is 1.78. The van der Waals surface area contributed by atoms with Crippen LogP contribution in [0.3, 0.4) is 0 Å². The van der Waals surface area contributed by atoms with Gasteiger partial charge in [-0.05, 0) is 54.9 Å². The number of benzene rings is 2. The third-order valence-corrected chi connectivity index (χ3v) is 4.62. The van der Waals surface area contributed by atoms with Gasteiger partial charge in [-0.3, -0.25) is 15.6 Å². The highest BCUT2D eigenvalue weighted by atomic mass is 32.1. The van der Waals surface area contributed by atoms with Crippen LogP contribution in [-0.2, 0) is 17.8 Å². The molecule has 3 N–H and O–H groups in total. The number of hydrogen-bond acceptors (Lipinski definition) is 3. The minimum Gasteiger partial charge on any atom is -0.464 e. The predicted molar refractivity (Wildman–Crippen MR) is 107 cm³/mol. The summed E-state index contributed by atoms with van der Waals surface area (Å²) in [5.74, 6) is -0.522. The molecule has 0 saturated carbocycles. The predicted octanol–water partition coefficient (Wildman–Crippen LogP) is 3.43. The van der Waals surface area contributed by atoms with Crippen LogP contribution < -0.4 is 16.2 Å². The van der Waals surface area contributed by atoms with E-state index in [0.717, 1.165) is 33.2 Å². The molecule has 1 aromatic heterocycles. The van der Waals surface area contributed by atoms with Crippen molar-refractivity contribution in [1.82, 2.24) is 16.2 Å². The van der Waals surface area contributed by atoms with Crippen LogP contribution in [0.1, 0.15) is 22.3 Å². The maximum Gasteiger partial charge on any atom is 0.242 e. The number of thiocarbonyl (C=S) groups is 1. The van der Waals surface area contributed by atoms with Crippen LogP contribution in [0.5, 0.6) is 0 Å². The van der Waals surface area contributed by atoms with E-state index in [0.29, 0.717) is 6.54 Å². The number of carbonyl (C=O) groups is 1. The van der Waals surface area contributed by atoms with E-state index in [9.17, 15) is 9.18 Å². The fourth-order valence-corrected chi connectivity index (χ4v) is 2.82. The number of rotatable bonds is 4. The molecule has 0 radical (unpaired) electrons. The summed E-state index contributed by atoms with van der Waals surface area (Å²) in [7, 11) is 0. The highest BCUT2D eigenvalue weighted by Crippen LogP contribution is 2.26. The molecule has 140 valence electrons. The van der Waals surface area contributed by atoms with Crippen LogP contribution >= 0.6 is 12.2 Å². The lowest BCUT2D eigenvalue weighted by atomic mass is 10.0. The van der Waals surface area contributed by atoms with Crippen molar-refractivity contribution in [1.29, 1.82) is 0 Å². The molecule has 0 aliphatic heterocycles. The number of hydrogen-bond donors (Lipinski definition) is 3. The van der Waals surface area contributed by atoms with E-state index in [1.807, 2.05) is 26.0 Å². The van der Waals surface area contributed by atoms with E-state index in [4.69, 9.17) is 16.6 Å². The number of furan rings is 1. The number of hydrazine groups is 1. The van der Waals surface area contributed by atoms with E-state index >= 15 is 0 Å². The van der Waals surface area contributed by atoms with E-state index in [1.54, 1.807) is 18.4 Å². The first-order valence-electron chi connectivity index (χ1n) is 8.47. The van der Waals surface area contributed by atoms with Crippen molar-refractivity contribution < 1.29 is 13.6 Å². The van der Waals surface area contributed by atoms with Gasteiger partial charge in [0.05, 0.1) is 12.7 Å². The topological polar surface area (TPSA) is 66.3 Å². The van der Waals surface area contributed by atoms with Crippen molar-refractivity contribution >= 4 is 34.2 Å². The lowest BCUT2D eigenvalue weighted by molar-refractivity contribution is -0.121. The van der Waals surface area contributed by atoms with Crippen LogP contribution in [0.4, 0.5) is 4.39 Å². The molecule has 7 heteroatoms. The van der Waals surface area contributed by atoms with Crippen LogP contribution in [0.15, 0.2) is 47.1 Å². The minimum atomic E-state index is -0.288. The standard InChI is InChI=1S/C20H20FN3O2S/c1-12-3-8-17-15(11-26-19(17)13(12)2)9-18(25)23-24-20(27)22-10-14-4-6-16(21)7-5-14/h3-8,11H,9-10H2,1-2H3,(H,23,25)(H2,22,24,27). The Balaban J connectivity index is 1.50. The van der Waals surface area contributed by atoms with Crippen molar-refractivity contribution in [2.75, 3.05) is 0 Å². The smallest absolute Gasteiger partial charge is 0.242 e. The van der Waals surface area contributed by atoms with Gasteiger partial charge >= 0.3 is 0 Å². The van der Waals surface area contributed by atoms with Gasteiger partial charge in [-0.15, -0.1) is 0 Å². The van der Waals surface area contributed by atoms with Crippen LogP contribution in [-0.4, -0.2) is 11.0 Å². The molecule has 0 spiro atoms. The number of amides is 1. The summed E-state index contributed by atoms with van der Waals surface area (Å²) in [4.78, 5) is 12.2. The quantitative estimate of drug-likeness (QED) is 0.474. The molecule has 0 saturated heterocycles. The Bertz CT molecular complexity index is 983. The van der Waals surface area contributed by atoms with E-state index < -0.39 is 0 Å². The summed E-state index contributed by atoms with van der Waals surface area (Å²) in [6, 6.07) is 10.1. The van der Waals surface area contributed by atoms with Crippen molar-refractivity contribution in [2.45, 2.75) is 26.8 Å². The Morgan fingerprint density at radius 2 is 1.85 bits per heavy atom. The lowest BCUT2D eigenvalue weighted by Gasteiger charge is -2.11. The zero-order valence-electron chi connectivity index (χ0n) is 15.1. The molecule has 1 amide bonds. The van der Waals surface area contributed by atoms with Gasteiger partial charge in [0.2, 0.25) is 5.91 Å². The molecule has 0 aliphatic rings. The van der Waals surface area contributed by atoms with Gasteiger partial charge < -0.3 is 9.73 Å². The van der Waals surface area contributed by atoms with E-state index in [2.05, 4.69) is 16.2 Å². The summed E-state index contributed by atoms with van der Waals surface area (Å²) < 4.78 is 18.5. The molecule has 3 rings (SSSR count). The Morgan fingerprint density at radius 3 is 2.59 bits per heavy atom. The van der Waals surface area contributed by atoms with Gasteiger partial charge in [0.25, 0.3) is 0 Å². The molecule has 5 nitrogen and oxygen atoms in total. The Hall–Kier alpha value is -2.93. The van der Waals surface area contributed by atoms with E-state index in [1.165, 1.54) is 12.1 Å². The zero-order valence-corrected chi connectivity index (χ0v) is 15.9. The number of carbonyl (C=O) groups excluding carboxylic acids is 1. The SMILES string of the molecule is Cc1ccc2c(CC(=O)NNC(=S)NCc3ccc(F)cc3)coc2c1C. The Kier molecular flexibility index (Phi) is 5.71. The summed E-state index contributed by atoms with van der Waals surface area (Å²) >= 11 is 5.12. The summed E-state index contributed by atoms with van der Waals surface area (Å²) in [6.45, 7) is 4.44. The maximum absolute atomic E-state index is 12.9. The van der Waals surface area contributed by atoms with Crippen molar-refractivity contribution in [2.24, 2.45) is 0 Å². The fraction of sp³-hybridized carbons (Fsp3) is 0.200. The molecule has 2 aromatic carbocycles. The Morgan fingerprint density at radius 1 is 1.11 bits per heavy atom. The van der Waals surface area contributed by atoms with Crippen molar-refractivity contribution in [3.05, 3.63) is 70.7 Å². The number of aryl methyl sites for hydroxylation is 2. The zero-order chi connectivity index (χ0) is 19.4. The molecule has 0 bridgehead atoms. The average molecular weight is 385 g/mol. The molecule has 0 unspecified atom stereocenters. The van der Waals surface area contributed by atoms with Gasteiger partial charge in [0.1, 0.15) is 11.4 Å². The first-order valence-corrected chi connectivity index (χ1v) is 8.88. The number of fused-ring (bicyclic) bond motifs is 1. The van der Waals surface area contributed by atoms with Gasteiger partial charge in [0.15, 0.2) is 5.11 Å². The first kappa shape index (κ1) is 18.8. The van der Waals surface area contributed by atoms with Gasteiger partial charge in [-0.2, -0.15) is 0 Å². The second kappa shape index (κ2) is 8.18. The van der Waals surface area contributed by atoms with Crippen molar-refractivity contribution in [3.8, 4) is 0 Å². The largest absolute Gasteiger partial charge is 0.464 e. The van der Waals surface area contributed by atoms with Crippen LogP contribution in [0.25, 0.3) is 11.0 Å². The third kappa shape index (κ3) is 4.62. The van der Waals surface area contributed by atoms with Crippen LogP contribution in [0.2, 0.25) is 0 Å². The fourth-order valence-electron chi connectivity index (χ4n) is 2.70. The highest BCUT2D eigenvalue weighted by Gasteiger charge is 2.13. The number of halogens is 1. The second-order valence-corrected chi connectivity index (χ2v) is 6.71. The van der Waals surface area contributed by atoms with Gasteiger partial charge in [0, 0.05) is 17.5 Å². The molecule has 0 fully saturated rings. The molecule has 0 atom stereocenters. The molecular weight excluding hydrogens is 365 g/mol. The average Bonchev–Trinajstić information content (AvgIpc) is 3.06. The minimum absolute atomic E-state index is 0.170. The normalized spacial score (nSPS) is 10.6. The Labute approximate surface area is 161 Å². The van der Waals surface area contributed by atoms with Crippen molar-refractivity contribution in [3.63, 3.8) is 0 Å². The van der Waals surface area contributed by atoms with Crippen LogP contribution in [0, 0.1) is 19.7 Å². The first-order chi connectivity index (χ1) is 12.9. The number of nitrogens with one attached hydrogen (secondary N) is 3. The van der Waals surface area contributed by atoms with Gasteiger partial charge in [-0.1, -0.05) is 24.3 Å². The molecule has 27 heavy (non-hydrogen) atoms. The molecule has 3 aromatic rings. The summed E-state index contributed by atoms with van der Waals surface area (Å²) in [5, 5.41) is 4.15. The molecular formula is C20H20FN3O2S. The summed E-state index contributed by atoms with van der Waals surface area (Å²) in [5.41, 5.74) is 9.94. The highest BCUT2D eigenvalue weighted by molar-refractivity contribution is 7.80. The molecule has 0 aliphatic carbocycles. The second-order valence-electron chi connectivity index (χ2n) is 6.30. The molecule has 1 heterocycles. The third-order valence-electron chi connectivity index (χ3n) is 4.37. The van der Waals surface area contributed by atoms with Gasteiger partial charge in [-0.25, -0.2) is 4.39 Å². The maximum atomic E-state index is 12.9. The monoisotopic (exact) mass is 385 g/mol. The van der Waals surface area contributed by atoms with E-state index in [-0.39, 0.29) is 23.3 Å².